The van der Waals surface area contributed by atoms with Crippen LogP contribution < -0.4 is 9.83 Å². The van der Waals surface area contributed by atoms with E-state index in [-0.39, 0.29) is 0 Å². The maximum atomic E-state index is 13.4. The number of rotatable bonds is 3. The fraction of sp³-hybridized carbons (Fsp3) is 0.250. The first kappa shape index (κ1) is 13.9. The van der Waals surface area contributed by atoms with Crippen LogP contribution in [0.15, 0.2) is 60.7 Å². The summed E-state index contributed by atoms with van der Waals surface area (Å²) in [5.74, 6) is 0.643. The lowest BCUT2D eigenvalue weighted by Gasteiger charge is -2.31. The molecule has 100 valence electrons. The highest BCUT2D eigenvalue weighted by molar-refractivity contribution is 7.68. The van der Waals surface area contributed by atoms with Gasteiger partial charge in [-0.05, 0) is 45.0 Å². The summed E-state index contributed by atoms with van der Waals surface area (Å²) in [5, 5.41) is 0.302. The van der Waals surface area contributed by atoms with Gasteiger partial charge in [0.2, 0.25) is 0 Å². The first-order valence-corrected chi connectivity index (χ1v) is 7.96. The smallest absolute Gasteiger partial charge is 0.282 e. The molecule has 3 heteroatoms. The molecule has 0 amide bonds. The predicted molar refractivity (Wildman–Crippen MR) is 80.5 cm³/mol. The van der Waals surface area contributed by atoms with E-state index in [9.17, 15) is 4.57 Å². The quantitative estimate of drug-likeness (QED) is 0.772. The van der Waals surface area contributed by atoms with Crippen LogP contribution in [0.2, 0.25) is 0 Å². The van der Waals surface area contributed by atoms with E-state index in [1.165, 1.54) is 0 Å². The third-order valence-electron chi connectivity index (χ3n) is 2.96. The molecule has 0 heterocycles. The maximum Gasteiger partial charge on any atom is 0.282 e. The van der Waals surface area contributed by atoms with Crippen molar-refractivity contribution in [3.8, 4) is 5.75 Å². The fourth-order valence-electron chi connectivity index (χ4n) is 1.83. The van der Waals surface area contributed by atoms with Gasteiger partial charge in [-0.3, -0.25) is 4.57 Å². The average Bonchev–Trinajstić information content (AvgIpc) is 2.39. The molecular formula is C16H19O2P. The molecule has 2 nitrogen and oxygen atoms in total. The van der Waals surface area contributed by atoms with Crippen molar-refractivity contribution >= 4 is 12.7 Å². The average molecular weight is 274 g/mol. The molecule has 2 rings (SSSR count). The second-order valence-corrected chi connectivity index (χ2v) is 8.61. The normalized spacial score (nSPS) is 14.7. The zero-order valence-corrected chi connectivity index (χ0v) is 12.4. The Morgan fingerprint density at radius 3 is 1.79 bits per heavy atom. The Labute approximate surface area is 114 Å². The van der Waals surface area contributed by atoms with Crippen molar-refractivity contribution in [3.63, 3.8) is 0 Å². The fourth-order valence-corrected chi connectivity index (χ4v) is 3.97. The van der Waals surface area contributed by atoms with E-state index < -0.39 is 12.5 Å². The lowest BCUT2D eigenvalue weighted by molar-refractivity contribution is 0.462. The summed E-state index contributed by atoms with van der Waals surface area (Å²) in [5.41, 5.74) is 0. The SMILES string of the molecule is CC(C)(C)P(=O)(Oc1ccccc1)c1ccccc1. The van der Waals surface area contributed by atoms with E-state index >= 15 is 0 Å². The van der Waals surface area contributed by atoms with Gasteiger partial charge in [-0.15, -0.1) is 0 Å². The molecule has 0 fully saturated rings. The van der Waals surface area contributed by atoms with Gasteiger partial charge in [-0.2, -0.15) is 0 Å². The zero-order chi connectivity index (χ0) is 13.9. The van der Waals surface area contributed by atoms with Gasteiger partial charge in [0.1, 0.15) is 5.75 Å². The molecule has 1 unspecified atom stereocenters. The van der Waals surface area contributed by atoms with Gasteiger partial charge < -0.3 is 4.52 Å². The highest BCUT2D eigenvalue weighted by atomic mass is 31.2. The molecular weight excluding hydrogens is 255 g/mol. The van der Waals surface area contributed by atoms with E-state index in [1.54, 1.807) is 0 Å². The van der Waals surface area contributed by atoms with Gasteiger partial charge in [0.15, 0.2) is 0 Å². The predicted octanol–water partition coefficient (Wildman–Crippen LogP) is 4.47. The molecule has 0 saturated heterocycles. The van der Waals surface area contributed by atoms with Crippen molar-refractivity contribution in [2.75, 3.05) is 0 Å². The first-order valence-electron chi connectivity index (χ1n) is 6.34. The van der Waals surface area contributed by atoms with Gasteiger partial charge in [-0.25, -0.2) is 0 Å². The van der Waals surface area contributed by atoms with Crippen LogP contribution >= 0.6 is 7.37 Å². The zero-order valence-electron chi connectivity index (χ0n) is 11.5. The summed E-state index contributed by atoms with van der Waals surface area (Å²) in [4.78, 5) is 0. The molecule has 0 aliphatic carbocycles. The van der Waals surface area contributed by atoms with Crippen LogP contribution in [0.25, 0.3) is 0 Å². The Morgan fingerprint density at radius 1 is 0.842 bits per heavy atom. The Kier molecular flexibility index (Phi) is 3.82. The van der Waals surface area contributed by atoms with Gasteiger partial charge in [-0.1, -0.05) is 36.4 Å². The number of hydrogen-bond acceptors (Lipinski definition) is 2. The van der Waals surface area contributed by atoms with Crippen LogP contribution in [0.4, 0.5) is 0 Å². The minimum absolute atomic E-state index is 0.454. The molecule has 0 aliphatic rings. The Morgan fingerprint density at radius 2 is 1.32 bits per heavy atom. The Balaban J connectivity index is 2.46. The molecule has 0 N–H and O–H groups in total. The largest absolute Gasteiger partial charge is 0.439 e. The second kappa shape index (κ2) is 5.22. The molecule has 0 spiro atoms. The summed E-state index contributed by atoms with van der Waals surface area (Å²) >= 11 is 0. The third kappa shape index (κ3) is 2.90. The van der Waals surface area contributed by atoms with E-state index in [4.69, 9.17) is 4.52 Å². The topological polar surface area (TPSA) is 26.3 Å². The standard InChI is InChI=1S/C16H19O2P/c1-16(2,3)19(17,15-12-8-5-9-13-15)18-14-10-6-4-7-11-14/h4-13H,1-3H3. The molecule has 0 radical (unpaired) electrons. The number of benzene rings is 2. The Hall–Kier alpha value is -1.53. The minimum Gasteiger partial charge on any atom is -0.439 e. The molecule has 2 aromatic carbocycles. The highest BCUT2D eigenvalue weighted by Gasteiger charge is 2.40. The van der Waals surface area contributed by atoms with Crippen molar-refractivity contribution in [2.24, 2.45) is 0 Å². The molecule has 19 heavy (non-hydrogen) atoms. The van der Waals surface area contributed by atoms with Crippen molar-refractivity contribution in [1.82, 2.24) is 0 Å². The van der Waals surface area contributed by atoms with Gasteiger partial charge in [0.25, 0.3) is 7.37 Å². The summed E-state index contributed by atoms with van der Waals surface area (Å²) in [6.07, 6.45) is 0. The minimum atomic E-state index is -2.98. The van der Waals surface area contributed by atoms with Crippen LogP contribution in [0.5, 0.6) is 5.75 Å². The monoisotopic (exact) mass is 274 g/mol. The van der Waals surface area contributed by atoms with Crippen molar-refractivity contribution in [3.05, 3.63) is 60.7 Å². The van der Waals surface area contributed by atoms with Crippen LogP contribution in [0.3, 0.4) is 0 Å². The van der Waals surface area contributed by atoms with E-state index in [1.807, 2.05) is 81.4 Å². The van der Waals surface area contributed by atoms with Crippen LogP contribution in [-0.2, 0) is 4.57 Å². The van der Waals surface area contributed by atoms with E-state index in [2.05, 4.69) is 0 Å². The maximum absolute atomic E-state index is 13.4. The summed E-state index contributed by atoms with van der Waals surface area (Å²) in [6, 6.07) is 18.8. The highest BCUT2D eigenvalue weighted by Crippen LogP contribution is 2.57. The van der Waals surface area contributed by atoms with Crippen LogP contribution in [-0.4, -0.2) is 5.16 Å². The van der Waals surface area contributed by atoms with Gasteiger partial charge in [0.05, 0.1) is 5.16 Å². The van der Waals surface area contributed by atoms with Crippen molar-refractivity contribution in [2.45, 2.75) is 25.9 Å². The molecule has 1 atom stereocenters. The Bertz CT molecular complexity index is 571. The first-order chi connectivity index (χ1) is 8.93. The second-order valence-electron chi connectivity index (χ2n) is 5.46. The third-order valence-corrected chi connectivity index (χ3v) is 6.17. The summed E-state index contributed by atoms with van der Waals surface area (Å²) < 4.78 is 19.3. The lowest BCUT2D eigenvalue weighted by Crippen LogP contribution is -2.26. The molecule has 0 aliphatic heterocycles. The van der Waals surface area contributed by atoms with Crippen molar-refractivity contribution in [1.29, 1.82) is 0 Å². The molecule has 2 aromatic rings. The molecule has 0 aromatic heterocycles. The van der Waals surface area contributed by atoms with Crippen LogP contribution in [0.1, 0.15) is 20.8 Å². The van der Waals surface area contributed by atoms with Crippen LogP contribution in [0, 0.1) is 0 Å². The summed E-state index contributed by atoms with van der Waals surface area (Å²) in [6.45, 7) is 5.84. The summed E-state index contributed by atoms with van der Waals surface area (Å²) in [7, 11) is -2.98. The molecule has 0 bridgehead atoms. The number of hydrogen-bond donors (Lipinski definition) is 0. The van der Waals surface area contributed by atoms with E-state index in [0.717, 1.165) is 5.30 Å². The molecule has 0 saturated carbocycles. The van der Waals surface area contributed by atoms with Gasteiger partial charge in [0, 0.05) is 5.30 Å². The van der Waals surface area contributed by atoms with Gasteiger partial charge >= 0.3 is 0 Å². The lowest BCUT2D eigenvalue weighted by atomic mass is 10.3. The van der Waals surface area contributed by atoms with Crippen molar-refractivity contribution < 1.29 is 9.09 Å². The van der Waals surface area contributed by atoms with E-state index in [0.29, 0.717) is 5.75 Å². The number of para-hydroxylation sites is 1.